The van der Waals surface area contributed by atoms with Gasteiger partial charge in [-0.05, 0) is 49.3 Å². The van der Waals surface area contributed by atoms with Crippen molar-refractivity contribution in [2.24, 2.45) is 5.92 Å². The highest BCUT2D eigenvalue weighted by Gasteiger charge is 2.34. The minimum absolute atomic E-state index is 0.279. The predicted molar refractivity (Wildman–Crippen MR) is 85.7 cm³/mol. The van der Waals surface area contributed by atoms with E-state index in [0.29, 0.717) is 11.7 Å². The van der Waals surface area contributed by atoms with Gasteiger partial charge in [0.25, 0.3) is 0 Å². The summed E-state index contributed by atoms with van der Waals surface area (Å²) in [7, 11) is 1.38. The van der Waals surface area contributed by atoms with Crippen LogP contribution in [0, 0.1) is 19.8 Å². The topological polar surface area (TPSA) is 74.4 Å². The molecule has 2 rings (SSSR count). The molecule has 1 saturated heterocycles. The fourth-order valence-electron chi connectivity index (χ4n) is 2.13. The van der Waals surface area contributed by atoms with Crippen LogP contribution in [0.1, 0.15) is 11.1 Å². The third-order valence-electron chi connectivity index (χ3n) is 3.54. The van der Waals surface area contributed by atoms with Crippen molar-refractivity contribution in [3.8, 4) is 0 Å². The fourth-order valence-corrected chi connectivity index (χ4v) is 2.38. The van der Waals surface area contributed by atoms with Crippen molar-refractivity contribution in [1.29, 1.82) is 0 Å². The Morgan fingerprint density at radius 2 is 2.14 bits per heavy atom. The van der Waals surface area contributed by atoms with E-state index in [1.165, 1.54) is 18.2 Å². The number of carbonyl (C=O) groups excluding carboxylic acids is 1. The molecule has 1 aliphatic rings. The highest BCUT2D eigenvalue weighted by Crippen LogP contribution is 2.14. The molecular formula is C14H20N4O2S. The lowest BCUT2D eigenvalue weighted by Crippen LogP contribution is -2.50. The zero-order chi connectivity index (χ0) is 15.4. The Labute approximate surface area is 129 Å². The molecule has 7 heteroatoms. The molecule has 0 aromatic heterocycles. The van der Waals surface area contributed by atoms with Crippen LogP contribution in [0.3, 0.4) is 0 Å². The van der Waals surface area contributed by atoms with Gasteiger partial charge in [-0.25, -0.2) is 5.43 Å². The molecule has 21 heavy (non-hydrogen) atoms. The Bertz CT molecular complexity index is 550. The van der Waals surface area contributed by atoms with Gasteiger partial charge in [0.15, 0.2) is 5.11 Å². The number of methoxy groups -OCH3 is 1. The molecule has 0 aliphatic carbocycles. The molecule has 1 aromatic carbocycles. The number of benzene rings is 1. The van der Waals surface area contributed by atoms with Gasteiger partial charge in [0.1, 0.15) is 12.1 Å². The van der Waals surface area contributed by atoms with E-state index in [1.807, 2.05) is 25.1 Å². The standard InChI is InChI=1S/C14H20N4O2S/c1-8-4-5-10(6-9(8)2)16-14(21)17-12-11(7-15-18-12)13(19)20-3/h4-6,11-12,15,18H,7H2,1-3H3,(H2,16,17,21). The summed E-state index contributed by atoms with van der Waals surface area (Å²) in [6.07, 6.45) is -0.302. The van der Waals surface area contributed by atoms with Crippen LogP contribution in [0.5, 0.6) is 0 Å². The smallest absolute Gasteiger partial charge is 0.313 e. The van der Waals surface area contributed by atoms with Crippen molar-refractivity contribution >= 4 is 29.0 Å². The third-order valence-corrected chi connectivity index (χ3v) is 3.76. The average Bonchev–Trinajstić information content (AvgIpc) is 2.90. The van der Waals surface area contributed by atoms with Crippen molar-refractivity contribution < 1.29 is 9.53 Å². The number of esters is 1. The average molecular weight is 308 g/mol. The lowest BCUT2D eigenvalue weighted by Gasteiger charge is -2.20. The van der Waals surface area contributed by atoms with E-state index in [9.17, 15) is 4.79 Å². The lowest BCUT2D eigenvalue weighted by atomic mass is 10.1. The van der Waals surface area contributed by atoms with E-state index in [4.69, 9.17) is 17.0 Å². The van der Waals surface area contributed by atoms with Crippen LogP contribution in [-0.4, -0.2) is 30.9 Å². The second kappa shape index (κ2) is 6.84. The number of nitrogens with one attached hydrogen (secondary N) is 4. The lowest BCUT2D eigenvalue weighted by molar-refractivity contribution is -0.145. The zero-order valence-electron chi connectivity index (χ0n) is 12.3. The number of rotatable bonds is 3. The molecule has 1 fully saturated rings. The van der Waals surface area contributed by atoms with Gasteiger partial charge in [0, 0.05) is 12.2 Å². The molecule has 6 nitrogen and oxygen atoms in total. The SMILES string of the molecule is COC(=O)C1CNNC1NC(=S)Nc1ccc(C)c(C)c1. The number of anilines is 1. The summed E-state index contributed by atoms with van der Waals surface area (Å²) in [6.45, 7) is 4.61. The molecule has 1 aliphatic heterocycles. The molecule has 0 saturated carbocycles. The summed E-state index contributed by atoms with van der Waals surface area (Å²) in [4.78, 5) is 11.6. The van der Waals surface area contributed by atoms with E-state index in [2.05, 4.69) is 28.4 Å². The molecule has 1 aromatic rings. The summed E-state index contributed by atoms with van der Waals surface area (Å²) in [5.41, 5.74) is 9.22. The largest absolute Gasteiger partial charge is 0.469 e. The maximum Gasteiger partial charge on any atom is 0.313 e. The summed E-state index contributed by atoms with van der Waals surface area (Å²) < 4.78 is 4.77. The van der Waals surface area contributed by atoms with Crippen LogP contribution >= 0.6 is 12.2 Å². The molecule has 1 heterocycles. The minimum atomic E-state index is -0.325. The second-order valence-electron chi connectivity index (χ2n) is 5.03. The highest BCUT2D eigenvalue weighted by atomic mass is 32.1. The first-order valence-corrected chi connectivity index (χ1v) is 7.13. The first kappa shape index (κ1) is 15.7. The van der Waals surface area contributed by atoms with Gasteiger partial charge in [0.2, 0.25) is 0 Å². The number of thiocarbonyl (C=S) groups is 1. The van der Waals surface area contributed by atoms with Gasteiger partial charge < -0.3 is 15.4 Å². The first-order valence-electron chi connectivity index (χ1n) is 6.72. The van der Waals surface area contributed by atoms with Crippen molar-refractivity contribution in [2.75, 3.05) is 19.0 Å². The van der Waals surface area contributed by atoms with Crippen molar-refractivity contribution in [2.45, 2.75) is 20.0 Å². The zero-order valence-corrected chi connectivity index (χ0v) is 13.1. The number of carbonyl (C=O) groups is 1. The molecule has 4 N–H and O–H groups in total. The molecular weight excluding hydrogens is 288 g/mol. The van der Waals surface area contributed by atoms with E-state index < -0.39 is 0 Å². The Morgan fingerprint density at radius 3 is 2.81 bits per heavy atom. The summed E-state index contributed by atoms with van der Waals surface area (Å²) >= 11 is 5.28. The van der Waals surface area contributed by atoms with E-state index >= 15 is 0 Å². The van der Waals surface area contributed by atoms with Crippen LogP contribution in [0.4, 0.5) is 5.69 Å². The van der Waals surface area contributed by atoms with Crippen LogP contribution in [0.2, 0.25) is 0 Å². The Morgan fingerprint density at radius 1 is 1.38 bits per heavy atom. The number of hydrogen-bond acceptors (Lipinski definition) is 5. The molecule has 0 radical (unpaired) electrons. The summed E-state index contributed by atoms with van der Waals surface area (Å²) in [6, 6.07) is 6.03. The third kappa shape index (κ3) is 3.90. The Kier molecular flexibility index (Phi) is 5.11. The van der Waals surface area contributed by atoms with Crippen molar-refractivity contribution in [3.63, 3.8) is 0 Å². The van der Waals surface area contributed by atoms with Gasteiger partial charge >= 0.3 is 5.97 Å². The summed E-state index contributed by atoms with van der Waals surface area (Å²) in [5.74, 6) is -0.603. The monoisotopic (exact) mass is 308 g/mol. The number of ether oxygens (including phenoxy) is 1. The molecule has 114 valence electrons. The van der Waals surface area contributed by atoms with Crippen molar-refractivity contribution in [3.05, 3.63) is 29.3 Å². The van der Waals surface area contributed by atoms with Crippen LogP contribution in [-0.2, 0) is 9.53 Å². The van der Waals surface area contributed by atoms with Crippen LogP contribution < -0.4 is 21.5 Å². The number of hydrazine groups is 1. The normalized spacial score (nSPS) is 20.9. The Hall–Kier alpha value is -1.70. The van der Waals surface area contributed by atoms with Gasteiger partial charge in [-0.1, -0.05) is 6.07 Å². The molecule has 0 amide bonds. The fraction of sp³-hybridized carbons (Fsp3) is 0.429. The molecule has 0 bridgehead atoms. The van der Waals surface area contributed by atoms with E-state index in [0.717, 1.165) is 5.69 Å². The van der Waals surface area contributed by atoms with Gasteiger partial charge in [-0.3, -0.25) is 10.2 Å². The minimum Gasteiger partial charge on any atom is -0.469 e. The van der Waals surface area contributed by atoms with Crippen LogP contribution in [0.25, 0.3) is 0 Å². The highest BCUT2D eigenvalue weighted by molar-refractivity contribution is 7.80. The molecule has 0 spiro atoms. The van der Waals surface area contributed by atoms with Gasteiger partial charge in [-0.2, -0.15) is 0 Å². The van der Waals surface area contributed by atoms with E-state index in [1.54, 1.807) is 0 Å². The molecule has 2 atom stereocenters. The number of aryl methyl sites for hydroxylation is 2. The maximum absolute atomic E-state index is 11.6. The van der Waals surface area contributed by atoms with Crippen molar-refractivity contribution in [1.82, 2.24) is 16.2 Å². The van der Waals surface area contributed by atoms with Crippen LogP contribution in [0.15, 0.2) is 18.2 Å². The van der Waals surface area contributed by atoms with Gasteiger partial charge in [0.05, 0.1) is 7.11 Å². The van der Waals surface area contributed by atoms with E-state index in [-0.39, 0.29) is 18.1 Å². The quantitative estimate of drug-likeness (QED) is 0.486. The Balaban J connectivity index is 1.95. The molecule has 2 unspecified atom stereocenters. The van der Waals surface area contributed by atoms with Gasteiger partial charge in [-0.15, -0.1) is 0 Å². The maximum atomic E-state index is 11.6. The predicted octanol–water partition coefficient (Wildman–Crippen LogP) is 0.813. The summed E-state index contributed by atoms with van der Waals surface area (Å²) in [5, 5.41) is 6.64. The number of hydrogen-bond donors (Lipinski definition) is 4. The second-order valence-corrected chi connectivity index (χ2v) is 5.44. The first-order chi connectivity index (χ1) is 10.0.